The van der Waals surface area contributed by atoms with E-state index in [1.54, 1.807) is 27.7 Å². The van der Waals surface area contributed by atoms with E-state index in [1.165, 1.54) is 0 Å². The van der Waals surface area contributed by atoms with E-state index >= 15 is 0 Å². The first-order valence-electron chi connectivity index (χ1n) is 10.4. The van der Waals surface area contributed by atoms with E-state index in [1.807, 2.05) is 51.1 Å². The standard InChI is InChI=1S/C23H36N2O6/c1-8-29-20(27)18(15-30-22(2,3)4)24-19(26)17(14-16-12-10-9-11-13-16)25-21(28)31-23(5,6)7/h9-13,17-18H,8,14-15H2,1-7H3,(H,24,26)(H,25,28)/t17-,18-/m0/s1. The van der Waals surface area contributed by atoms with Crippen LogP contribution in [0.2, 0.25) is 0 Å². The number of ether oxygens (including phenoxy) is 3. The van der Waals surface area contributed by atoms with Gasteiger partial charge in [-0.25, -0.2) is 9.59 Å². The molecule has 1 rings (SSSR count). The maximum Gasteiger partial charge on any atom is 0.408 e. The predicted octanol–water partition coefficient (Wildman–Crippen LogP) is 2.99. The third-order valence-corrected chi connectivity index (χ3v) is 3.86. The topological polar surface area (TPSA) is 103 Å². The van der Waals surface area contributed by atoms with E-state index in [0.717, 1.165) is 5.56 Å². The molecule has 0 bridgehead atoms. The lowest BCUT2D eigenvalue weighted by molar-refractivity contribution is -0.151. The van der Waals surface area contributed by atoms with Crippen LogP contribution in [0.5, 0.6) is 0 Å². The molecule has 1 aromatic carbocycles. The molecule has 0 aromatic heterocycles. The highest BCUT2D eigenvalue weighted by Gasteiger charge is 2.30. The number of alkyl carbamates (subject to hydrolysis) is 1. The van der Waals surface area contributed by atoms with Gasteiger partial charge in [-0.05, 0) is 54.0 Å². The molecule has 174 valence electrons. The number of amides is 2. The molecule has 0 saturated heterocycles. The Labute approximate surface area is 185 Å². The molecule has 0 aliphatic rings. The van der Waals surface area contributed by atoms with Crippen molar-refractivity contribution < 1.29 is 28.6 Å². The van der Waals surface area contributed by atoms with E-state index < -0.39 is 41.3 Å². The van der Waals surface area contributed by atoms with Gasteiger partial charge in [0.25, 0.3) is 0 Å². The fraction of sp³-hybridized carbons (Fsp3) is 0.609. The second-order valence-corrected chi connectivity index (χ2v) is 9.13. The predicted molar refractivity (Wildman–Crippen MR) is 118 cm³/mol. The first-order chi connectivity index (χ1) is 14.3. The van der Waals surface area contributed by atoms with Crippen LogP contribution in [-0.4, -0.2) is 54.5 Å². The molecular weight excluding hydrogens is 400 g/mol. The van der Waals surface area contributed by atoms with Crippen LogP contribution in [0.25, 0.3) is 0 Å². The van der Waals surface area contributed by atoms with Gasteiger partial charge in [0.1, 0.15) is 11.6 Å². The molecule has 31 heavy (non-hydrogen) atoms. The molecule has 8 heteroatoms. The van der Waals surface area contributed by atoms with E-state index in [9.17, 15) is 14.4 Å². The molecule has 0 unspecified atom stereocenters. The molecule has 0 aliphatic carbocycles. The summed E-state index contributed by atoms with van der Waals surface area (Å²) in [4.78, 5) is 37.7. The van der Waals surface area contributed by atoms with Crippen molar-refractivity contribution in [1.29, 1.82) is 0 Å². The van der Waals surface area contributed by atoms with Crippen molar-refractivity contribution in [3.63, 3.8) is 0 Å². The van der Waals surface area contributed by atoms with Crippen LogP contribution in [0.4, 0.5) is 4.79 Å². The Morgan fingerprint density at radius 1 is 0.903 bits per heavy atom. The van der Waals surface area contributed by atoms with Gasteiger partial charge in [0.15, 0.2) is 6.04 Å². The van der Waals surface area contributed by atoms with Crippen LogP contribution in [0.15, 0.2) is 30.3 Å². The van der Waals surface area contributed by atoms with Crippen LogP contribution in [0, 0.1) is 0 Å². The number of hydrogen-bond acceptors (Lipinski definition) is 6. The van der Waals surface area contributed by atoms with Gasteiger partial charge in [-0.15, -0.1) is 0 Å². The van der Waals surface area contributed by atoms with Gasteiger partial charge in [-0.3, -0.25) is 4.79 Å². The summed E-state index contributed by atoms with van der Waals surface area (Å²) in [6.45, 7) is 12.5. The third-order valence-electron chi connectivity index (χ3n) is 3.86. The summed E-state index contributed by atoms with van der Waals surface area (Å²) < 4.78 is 16.0. The summed E-state index contributed by atoms with van der Waals surface area (Å²) in [5.41, 5.74) is -0.378. The Hall–Kier alpha value is -2.61. The number of hydrogen-bond donors (Lipinski definition) is 2. The maximum absolute atomic E-state index is 13.0. The molecular formula is C23H36N2O6. The Morgan fingerprint density at radius 3 is 2.03 bits per heavy atom. The van der Waals surface area contributed by atoms with Gasteiger partial charge in [0.2, 0.25) is 5.91 Å². The summed E-state index contributed by atoms with van der Waals surface area (Å²) in [6, 6.07) is 7.28. The first-order valence-corrected chi connectivity index (χ1v) is 10.4. The highest BCUT2D eigenvalue weighted by atomic mass is 16.6. The van der Waals surface area contributed by atoms with Gasteiger partial charge in [0.05, 0.1) is 18.8 Å². The molecule has 0 aliphatic heterocycles. The lowest BCUT2D eigenvalue weighted by atomic mass is 10.0. The van der Waals surface area contributed by atoms with Crippen LogP contribution in [0.1, 0.15) is 54.0 Å². The van der Waals surface area contributed by atoms with Gasteiger partial charge < -0.3 is 24.8 Å². The third kappa shape index (κ3) is 11.4. The van der Waals surface area contributed by atoms with E-state index in [0.29, 0.717) is 0 Å². The minimum atomic E-state index is -1.01. The van der Waals surface area contributed by atoms with Crippen molar-refractivity contribution in [1.82, 2.24) is 10.6 Å². The minimum absolute atomic E-state index is 0.0570. The Bertz CT molecular complexity index is 722. The summed E-state index contributed by atoms with van der Waals surface area (Å²) >= 11 is 0. The Kier molecular flexibility index (Phi) is 9.97. The van der Waals surface area contributed by atoms with Crippen molar-refractivity contribution in [3.05, 3.63) is 35.9 Å². The van der Waals surface area contributed by atoms with Crippen molar-refractivity contribution >= 4 is 18.0 Å². The molecule has 0 radical (unpaired) electrons. The molecule has 2 amide bonds. The molecule has 1 aromatic rings. The average molecular weight is 437 g/mol. The largest absolute Gasteiger partial charge is 0.464 e. The molecule has 8 nitrogen and oxygen atoms in total. The number of benzene rings is 1. The molecule has 0 spiro atoms. The molecule has 2 N–H and O–H groups in total. The van der Waals surface area contributed by atoms with Gasteiger partial charge in [-0.1, -0.05) is 30.3 Å². The van der Waals surface area contributed by atoms with Crippen molar-refractivity contribution in [2.24, 2.45) is 0 Å². The zero-order valence-electron chi connectivity index (χ0n) is 19.6. The second kappa shape index (κ2) is 11.7. The second-order valence-electron chi connectivity index (χ2n) is 9.13. The molecule has 0 saturated carbocycles. The quantitative estimate of drug-likeness (QED) is 0.577. The fourth-order valence-corrected chi connectivity index (χ4v) is 2.53. The van der Waals surface area contributed by atoms with Crippen LogP contribution >= 0.6 is 0 Å². The van der Waals surface area contributed by atoms with Gasteiger partial charge in [-0.2, -0.15) is 0 Å². The number of carbonyl (C=O) groups is 3. The number of carbonyl (C=O) groups excluding carboxylic acids is 3. The van der Waals surface area contributed by atoms with Crippen LogP contribution in [-0.2, 0) is 30.2 Å². The highest BCUT2D eigenvalue weighted by Crippen LogP contribution is 2.10. The monoisotopic (exact) mass is 436 g/mol. The fourth-order valence-electron chi connectivity index (χ4n) is 2.53. The van der Waals surface area contributed by atoms with E-state index in [2.05, 4.69) is 10.6 Å². The SMILES string of the molecule is CCOC(=O)[C@H](COC(C)(C)C)NC(=O)[C@H](Cc1ccccc1)NC(=O)OC(C)(C)C. The highest BCUT2D eigenvalue weighted by molar-refractivity contribution is 5.90. The van der Waals surface area contributed by atoms with Gasteiger partial charge >= 0.3 is 12.1 Å². The number of esters is 1. The van der Waals surface area contributed by atoms with Crippen LogP contribution in [0.3, 0.4) is 0 Å². The summed E-state index contributed by atoms with van der Waals surface area (Å²) in [7, 11) is 0. The zero-order valence-corrected chi connectivity index (χ0v) is 19.6. The maximum atomic E-state index is 13.0. The van der Waals surface area contributed by atoms with Crippen LogP contribution < -0.4 is 10.6 Å². The van der Waals surface area contributed by atoms with Crippen molar-refractivity contribution in [2.75, 3.05) is 13.2 Å². The average Bonchev–Trinajstić information content (AvgIpc) is 2.63. The molecule has 0 heterocycles. The first kappa shape index (κ1) is 26.4. The minimum Gasteiger partial charge on any atom is -0.464 e. The zero-order chi connectivity index (χ0) is 23.7. The lowest BCUT2D eigenvalue weighted by Crippen LogP contribution is -2.55. The molecule has 0 fully saturated rings. The number of nitrogens with one attached hydrogen (secondary N) is 2. The van der Waals surface area contributed by atoms with Crippen molar-refractivity contribution in [2.45, 2.75) is 78.2 Å². The van der Waals surface area contributed by atoms with Crippen molar-refractivity contribution in [3.8, 4) is 0 Å². The summed E-state index contributed by atoms with van der Waals surface area (Å²) in [6.07, 6.45) is -0.496. The smallest absolute Gasteiger partial charge is 0.408 e. The van der Waals surface area contributed by atoms with E-state index in [4.69, 9.17) is 14.2 Å². The Morgan fingerprint density at radius 2 is 1.52 bits per heavy atom. The van der Waals surface area contributed by atoms with E-state index in [-0.39, 0.29) is 19.6 Å². The number of rotatable bonds is 9. The van der Waals surface area contributed by atoms with Gasteiger partial charge in [0, 0.05) is 6.42 Å². The Balaban J connectivity index is 2.99. The lowest BCUT2D eigenvalue weighted by Gasteiger charge is -2.27. The molecule has 2 atom stereocenters. The normalized spacial score (nSPS) is 13.6. The summed E-state index contributed by atoms with van der Waals surface area (Å²) in [5, 5.41) is 5.26. The summed E-state index contributed by atoms with van der Waals surface area (Å²) in [5.74, 6) is -1.14.